The molecule has 2 N–H and O–H groups in total. The molecular weight excluding hydrogens is 322 g/mol. The van der Waals surface area contributed by atoms with E-state index >= 15 is 0 Å². The van der Waals surface area contributed by atoms with E-state index < -0.39 is 6.10 Å². The Morgan fingerprint density at radius 3 is 2.54 bits per heavy atom. The van der Waals surface area contributed by atoms with E-state index in [1.165, 1.54) is 4.88 Å². The minimum Gasteiger partial charge on any atom is -0.491 e. The number of ether oxygens (including phenoxy) is 1. The van der Waals surface area contributed by atoms with Crippen LogP contribution in [0.25, 0.3) is 0 Å². The topological polar surface area (TPSA) is 78.2 Å². The number of hydrogen-bond acceptors (Lipinski definition) is 6. The zero-order valence-corrected chi connectivity index (χ0v) is 15.3. The standard InChI is InChI=1S/C18H23N3O2S/c1-12-13(2)24-17(21-12)18(3,4)20-10-15(22)11-23-16-7-5-14(9-19)6-8-16/h5-8,15,20,22H,10-11H2,1-4H3. The zero-order valence-electron chi connectivity index (χ0n) is 14.5. The fourth-order valence-electron chi connectivity index (χ4n) is 2.07. The molecule has 2 rings (SSSR count). The van der Waals surface area contributed by atoms with Gasteiger partial charge in [0.25, 0.3) is 0 Å². The summed E-state index contributed by atoms with van der Waals surface area (Å²) in [5, 5.41) is 23.2. The molecule has 1 aromatic carbocycles. The first-order chi connectivity index (χ1) is 11.3. The molecule has 1 unspecified atom stereocenters. The monoisotopic (exact) mass is 345 g/mol. The quantitative estimate of drug-likeness (QED) is 0.807. The molecule has 1 heterocycles. The van der Waals surface area contributed by atoms with E-state index in [0.29, 0.717) is 17.9 Å². The van der Waals surface area contributed by atoms with Crippen molar-refractivity contribution in [1.29, 1.82) is 5.26 Å². The van der Waals surface area contributed by atoms with E-state index in [2.05, 4.69) is 37.1 Å². The highest BCUT2D eigenvalue weighted by molar-refractivity contribution is 7.11. The number of hydrogen-bond donors (Lipinski definition) is 2. The average molecular weight is 345 g/mol. The Hall–Kier alpha value is -1.94. The third kappa shape index (κ3) is 4.78. The maximum Gasteiger partial charge on any atom is 0.119 e. The van der Waals surface area contributed by atoms with Gasteiger partial charge in [-0.15, -0.1) is 11.3 Å². The van der Waals surface area contributed by atoms with Gasteiger partial charge in [0.2, 0.25) is 0 Å². The van der Waals surface area contributed by atoms with Gasteiger partial charge in [0, 0.05) is 11.4 Å². The lowest BCUT2D eigenvalue weighted by Gasteiger charge is -2.25. The maximum absolute atomic E-state index is 10.1. The van der Waals surface area contributed by atoms with Crippen LogP contribution in [0, 0.1) is 25.2 Å². The van der Waals surface area contributed by atoms with E-state index in [1.54, 1.807) is 35.6 Å². The fraction of sp³-hybridized carbons (Fsp3) is 0.444. The number of thiazole rings is 1. The van der Waals surface area contributed by atoms with Gasteiger partial charge in [-0.1, -0.05) is 0 Å². The van der Waals surface area contributed by atoms with Crippen molar-refractivity contribution >= 4 is 11.3 Å². The van der Waals surface area contributed by atoms with E-state index in [9.17, 15) is 5.11 Å². The average Bonchev–Trinajstić information content (AvgIpc) is 2.91. The van der Waals surface area contributed by atoms with Crippen LogP contribution in [-0.4, -0.2) is 29.3 Å². The van der Waals surface area contributed by atoms with Gasteiger partial charge in [0.1, 0.15) is 23.5 Å². The minimum atomic E-state index is -0.637. The maximum atomic E-state index is 10.1. The van der Waals surface area contributed by atoms with Gasteiger partial charge in [-0.2, -0.15) is 5.26 Å². The largest absolute Gasteiger partial charge is 0.491 e. The Morgan fingerprint density at radius 1 is 1.33 bits per heavy atom. The molecule has 0 saturated carbocycles. The number of nitrogens with one attached hydrogen (secondary N) is 1. The molecule has 0 spiro atoms. The van der Waals surface area contributed by atoms with Crippen molar-refractivity contribution in [2.24, 2.45) is 0 Å². The summed E-state index contributed by atoms with van der Waals surface area (Å²) in [5.41, 5.74) is 1.33. The predicted octanol–water partition coefficient (Wildman–Crippen LogP) is 2.90. The number of benzene rings is 1. The van der Waals surface area contributed by atoms with Crippen LogP contribution in [-0.2, 0) is 5.54 Å². The molecule has 5 nitrogen and oxygen atoms in total. The Morgan fingerprint density at radius 2 is 2.00 bits per heavy atom. The molecule has 6 heteroatoms. The highest BCUT2D eigenvalue weighted by Gasteiger charge is 2.25. The highest BCUT2D eigenvalue weighted by Crippen LogP contribution is 2.27. The van der Waals surface area contributed by atoms with Crippen LogP contribution in [0.3, 0.4) is 0 Å². The third-order valence-corrected chi connectivity index (χ3v) is 5.17. The molecule has 0 aliphatic rings. The van der Waals surface area contributed by atoms with Crippen LogP contribution in [0.5, 0.6) is 5.75 Å². The number of aliphatic hydroxyl groups is 1. The van der Waals surface area contributed by atoms with Crippen molar-refractivity contribution in [1.82, 2.24) is 10.3 Å². The lowest BCUT2D eigenvalue weighted by Crippen LogP contribution is -2.42. The lowest BCUT2D eigenvalue weighted by atomic mass is 10.1. The van der Waals surface area contributed by atoms with Crippen LogP contribution in [0.4, 0.5) is 0 Å². The molecule has 2 aromatic rings. The molecule has 0 saturated heterocycles. The van der Waals surface area contributed by atoms with E-state index in [0.717, 1.165) is 10.7 Å². The molecular formula is C18H23N3O2S. The van der Waals surface area contributed by atoms with Crippen molar-refractivity contribution in [2.75, 3.05) is 13.2 Å². The first kappa shape index (κ1) is 18.4. The van der Waals surface area contributed by atoms with Gasteiger partial charge in [-0.25, -0.2) is 4.98 Å². The number of nitrogens with zero attached hydrogens (tertiary/aromatic N) is 2. The Bertz CT molecular complexity index is 697. The van der Waals surface area contributed by atoms with Gasteiger partial charge in [-0.05, 0) is 52.0 Å². The van der Waals surface area contributed by atoms with Crippen LogP contribution in [0.2, 0.25) is 0 Å². The summed E-state index contributed by atoms with van der Waals surface area (Å²) < 4.78 is 5.55. The molecule has 0 aliphatic carbocycles. The zero-order chi connectivity index (χ0) is 17.7. The molecule has 0 fully saturated rings. The number of aliphatic hydroxyl groups excluding tert-OH is 1. The predicted molar refractivity (Wildman–Crippen MR) is 95.3 cm³/mol. The fourth-order valence-corrected chi connectivity index (χ4v) is 3.06. The van der Waals surface area contributed by atoms with Gasteiger partial charge in [-0.3, -0.25) is 0 Å². The second-order valence-corrected chi connectivity index (χ2v) is 7.47. The molecule has 1 aromatic heterocycles. The van der Waals surface area contributed by atoms with Crippen molar-refractivity contribution in [3.63, 3.8) is 0 Å². The van der Waals surface area contributed by atoms with Crippen LogP contribution in [0.1, 0.15) is 35.0 Å². The molecule has 1 atom stereocenters. The summed E-state index contributed by atoms with van der Waals surface area (Å²) in [6.45, 7) is 8.77. The smallest absolute Gasteiger partial charge is 0.119 e. The van der Waals surface area contributed by atoms with Gasteiger partial charge >= 0.3 is 0 Å². The second-order valence-electron chi connectivity index (χ2n) is 6.27. The summed E-state index contributed by atoms with van der Waals surface area (Å²) in [6.07, 6.45) is -0.637. The SMILES string of the molecule is Cc1nc(C(C)(C)NCC(O)COc2ccc(C#N)cc2)sc1C. The summed E-state index contributed by atoms with van der Waals surface area (Å²) in [5.74, 6) is 0.637. The highest BCUT2D eigenvalue weighted by atomic mass is 32.1. The number of aryl methyl sites for hydroxylation is 2. The Kier molecular flexibility index (Phi) is 5.94. The molecule has 0 amide bonds. The van der Waals surface area contributed by atoms with Gasteiger partial charge < -0.3 is 15.2 Å². The lowest BCUT2D eigenvalue weighted by molar-refractivity contribution is 0.0987. The summed E-state index contributed by atoms with van der Waals surface area (Å²) in [7, 11) is 0. The first-order valence-corrected chi connectivity index (χ1v) is 8.64. The van der Waals surface area contributed by atoms with Crippen LogP contribution >= 0.6 is 11.3 Å². The molecule has 24 heavy (non-hydrogen) atoms. The summed E-state index contributed by atoms with van der Waals surface area (Å²) >= 11 is 1.67. The normalized spacial score (nSPS) is 12.7. The Balaban J connectivity index is 1.83. The van der Waals surface area contributed by atoms with E-state index in [1.807, 2.05) is 6.92 Å². The van der Waals surface area contributed by atoms with E-state index in [-0.39, 0.29) is 12.1 Å². The molecule has 0 aliphatic heterocycles. The van der Waals surface area contributed by atoms with Crippen LogP contribution < -0.4 is 10.1 Å². The molecule has 128 valence electrons. The third-order valence-electron chi connectivity index (χ3n) is 3.77. The number of rotatable bonds is 7. The van der Waals surface area contributed by atoms with Crippen molar-refractivity contribution in [3.05, 3.63) is 45.4 Å². The van der Waals surface area contributed by atoms with Crippen molar-refractivity contribution < 1.29 is 9.84 Å². The van der Waals surface area contributed by atoms with Crippen molar-refractivity contribution in [3.8, 4) is 11.8 Å². The summed E-state index contributed by atoms with van der Waals surface area (Å²) in [4.78, 5) is 5.80. The Labute approximate surface area is 146 Å². The second kappa shape index (κ2) is 7.75. The van der Waals surface area contributed by atoms with E-state index in [4.69, 9.17) is 10.00 Å². The van der Waals surface area contributed by atoms with Gasteiger partial charge in [0.15, 0.2) is 0 Å². The first-order valence-electron chi connectivity index (χ1n) is 7.82. The molecule has 0 radical (unpaired) electrons. The summed E-state index contributed by atoms with van der Waals surface area (Å²) in [6, 6.07) is 8.89. The van der Waals surface area contributed by atoms with Crippen LogP contribution in [0.15, 0.2) is 24.3 Å². The minimum absolute atomic E-state index is 0.185. The van der Waals surface area contributed by atoms with Crippen molar-refractivity contribution in [2.45, 2.75) is 39.3 Å². The molecule has 0 bridgehead atoms. The van der Waals surface area contributed by atoms with Gasteiger partial charge in [0.05, 0.1) is 22.9 Å². The number of nitriles is 1. The number of aromatic nitrogens is 1.